The van der Waals surface area contributed by atoms with E-state index in [1.807, 2.05) is 30.3 Å². The van der Waals surface area contributed by atoms with Crippen LogP contribution in [-0.2, 0) is 26.1 Å². The Morgan fingerprint density at radius 3 is 2.71 bits per heavy atom. The fourth-order valence-corrected chi connectivity index (χ4v) is 7.24. The summed E-state index contributed by atoms with van der Waals surface area (Å²) in [5.74, 6) is 0.290. The molecule has 2 fully saturated rings. The van der Waals surface area contributed by atoms with Gasteiger partial charge in [-0.05, 0) is 49.3 Å². The molecular formula is C24H28N4O4S2. The molecule has 5 rings (SSSR count). The Bertz CT molecular complexity index is 1250. The summed E-state index contributed by atoms with van der Waals surface area (Å²) in [5, 5.41) is 3.02. The minimum absolute atomic E-state index is 0.0517. The summed E-state index contributed by atoms with van der Waals surface area (Å²) >= 11 is 1.02. The molecule has 0 aliphatic carbocycles. The third-order valence-corrected chi connectivity index (χ3v) is 9.37. The summed E-state index contributed by atoms with van der Waals surface area (Å²) in [6.45, 7) is 1.92. The molecule has 180 valence electrons. The van der Waals surface area contributed by atoms with E-state index in [9.17, 15) is 13.2 Å². The number of rotatable bonds is 6. The van der Waals surface area contributed by atoms with Crippen LogP contribution in [0.5, 0.6) is 0 Å². The first-order chi connectivity index (χ1) is 16.5. The summed E-state index contributed by atoms with van der Waals surface area (Å²) in [7, 11) is -3.66. The lowest BCUT2D eigenvalue weighted by molar-refractivity contribution is -0.132. The zero-order chi connectivity index (χ0) is 23.6. The number of hydrogen-bond donors (Lipinski definition) is 1. The van der Waals surface area contributed by atoms with Crippen LogP contribution in [0.2, 0.25) is 0 Å². The molecule has 0 radical (unpaired) electrons. The molecular weight excluding hydrogens is 472 g/mol. The second kappa shape index (κ2) is 9.69. The third-order valence-electron chi connectivity index (χ3n) is 6.90. The van der Waals surface area contributed by atoms with E-state index in [2.05, 4.69) is 14.1 Å². The van der Waals surface area contributed by atoms with Crippen LogP contribution in [0, 0.1) is 5.92 Å². The SMILES string of the molecule is O=C(CC1CCOC2(CCN(S(=O)(=O)c3cccc4nsnc34)CC2)C1)NCc1ccccc1. The van der Waals surface area contributed by atoms with Gasteiger partial charge in [0.2, 0.25) is 15.9 Å². The number of hydrogen-bond acceptors (Lipinski definition) is 7. The number of fused-ring (bicyclic) bond motifs is 1. The van der Waals surface area contributed by atoms with E-state index in [1.54, 1.807) is 18.2 Å². The minimum Gasteiger partial charge on any atom is -0.375 e. The van der Waals surface area contributed by atoms with Crippen LogP contribution in [0.4, 0.5) is 0 Å². The molecule has 34 heavy (non-hydrogen) atoms. The zero-order valence-corrected chi connectivity index (χ0v) is 20.5. The lowest BCUT2D eigenvalue weighted by Crippen LogP contribution is -2.51. The van der Waals surface area contributed by atoms with Gasteiger partial charge < -0.3 is 10.1 Å². The maximum absolute atomic E-state index is 13.3. The van der Waals surface area contributed by atoms with Gasteiger partial charge in [-0.3, -0.25) is 4.79 Å². The highest BCUT2D eigenvalue weighted by Gasteiger charge is 2.43. The van der Waals surface area contributed by atoms with E-state index >= 15 is 0 Å². The monoisotopic (exact) mass is 500 g/mol. The molecule has 2 aromatic carbocycles. The molecule has 1 amide bonds. The number of carbonyl (C=O) groups excluding carboxylic acids is 1. The van der Waals surface area contributed by atoms with Gasteiger partial charge in [-0.2, -0.15) is 13.1 Å². The normalized spacial score (nSPS) is 21.0. The van der Waals surface area contributed by atoms with E-state index in [1.165, 1.54) is 4.31 Å². The molecule has 8 nitrogen and oxygen atoms in total. The van der Waals surface area contributed by atoms with Crippen molar-refractivity contribution in [2.24, 2.45) is 5.92 Å². The van der Waals surface area contributed by atoms with Crippen molar-refractivity contribution in [1.29, 1.82) is 0 Å². The highest BCUT2D eigenvalue weighted by atomic mass is 32.2. The van der Waals surface area contributed by atoms with Crippen molar-refractivity contribution >= 4 is 38.7 Å². The molecule has 2 aliphatic heterocycles. The number of aromatic nitrogens is 2. The number of carbonyl (C=O) groups is 1. The van der Waals surface area contributed by atoms with Gasteiger partial charge >= 0.3 is 0 Å². The molecule has 0 bridgehead atoms. The summed E-state index contributed by atoms with van der Waals surface area (Å²) in [5.41, 5.74) is 1.76. The molecule has 2 saturated heterocycles. The lowest BCUT2D eigenvalue weighted by atomic mass is 9.78. The van der Waals surface area contributed by atoms with Gasteiger partial charge in [-0.15, -0.1) is 0 Å². The van der Waals surface area contributed by atoms with Crippen molar-refractivity contribution < 1.29 is 17.9 Å². The molecule has 1 atom stereocenters. The molecule has 1 unspecified atom stereocenters. The molecule has 10 heteroatoms. The van der Waals surface area contributed by atoms with Crippen molar-refractivity contribution in [1.82, 2.24) is 18.4 Å². The van der Waals surface area contributed by atoms with Crippen molar-refractivity contribution in [2.45, 2.75) is 49.1 Å². The fraction of sp³-hybridized carbons (Fsp3) is 0.458. The molecule has 1 N–H and O–H groups in total. The zero-order valence-electron chi connectivity index (χ0n) is 18.9. The predicted octanol–water partition coefficient (Wildman–Crippen LogP) is 3.35. The maximum atomic E-state index is 13.3. The summed E-state index contributed by atoms with van der Waals surface area (Å²) < 4.78 is 42.8. The molecule has 2 aliphatic rings. The van der Waals surface area contributed by atoms with E-state index < -0.39 is 10.0 Å². The quantitative estimate of drug-likeness (QED) is 0.557. The van der Waals surface area contributed by atoms with Gasteiger partial charge in [-0.1, -0.05) is 36.4 Å². The average Bonchev–Trinajstić information content (AvgIpc) is 3.33. The summed E-state index contributed by atoms with van der Waals surface area (Å²) in [4.78, 5) is 12.7. The third kappa shape index (κ3) is 4.86. The Hall–Kier alpha value is -2.40. The number of nitrogens with zero attached hydrogens (tertiary/aromatic N) is 3. The Morgan fingerprint density at radius 1 is 1.12 bits per heavy atom. The van der Waals surface area contributed by atoms with Crippen LogP contribution in [0.25, 0.3) is 11.0 Å². The van der Waals surface area contributed by atoms with Gasteiger partial charge in [0.1, 0.15) is 15.9 Å². The second-order valence-electron chi connectivity index (χ2n) is 9.15. The number of amides is 1. The first-order valence-corrected chi connectivity index (χ1v) is 13.8. The number of ether oxygens (including phenoxy) is 1. The average molecular weight is 501 g/mol. The van der Waals surface area contributed by atoms with Crippen LogP contribution in [0.15, 0.2) is 53.4 Å². The van der Waals surface area contributed by atoms with E-state index in [4.69, 9.17) is 4.74 Å². The number of nitrogens with one attached hydrogen (secondary N) is 1. The van der Waals surface area contributed by atoms with Crippen LogP contribution in [0.1, 0.15) is 37.7 Å². The highest BCUT2D eigenvalue weighted by Crippen LogP contribution is 2.40. The van der Waals surface area contributed by atoms with Gasteiger partial charge in [0.25, 0.3) is 0 Å². The molecule has 0 saturated carbocycles. The van der Waals surface area contributed by atoms with Gasteiger partial charge in [0.15, 0.2) is 0 Å². The Balaban J connectivity index is 1.19. The van der Waals surface area contributed by atoms with Gasteiger partial charge in [0.05, 0.1) is 17.3 Å². The topological polar surface area (TPSA) is 101 Å². The van der Waals surface area contributed by atoms with Gasteiger partial charge in [0, 0.05) is 32.7 Å². The van der Waals surface area contributed by atoms with Crippen molar-refractivity contribution in [3.8, 4) is 0 Å². The van der Waals surface area contributed by atoms with E-state index in [0.29, 0.717) is 56.5 Å². The molecule has 1 spiro atoms. The standard InChI is InChI=1S/C24H28N4O4S2/c29-22(25-17-18-5-2-1-3-6-18)15-19-9-14-32-24(16-19)10-12-28(13-11-24)34(30,31)21-8-4-7-20-23(21)27-33-26-20/h1-8,19H,9-17H2,(H,25,29). The van der Waals surface area contributed by atoms with Crippen molar-refractivity contribution in [3.05, 3.63) is 54.1 Å². The minimum atomic E-state index is -3.66. The van der Waals surface area contributed by atoms with E-state index in [0.717, 1.165) is 30.1 Å². The Morgan fingerprint density at radius 2 is 1.91 bits per heavy atom. The number of benzene rings is 2. The second-order valence-corrected chi connectivity index (χ2v) is 11.6. The van der Waals surface area contributed by atoms with Crippen LogP contribution < -0.4 is 5.32 Å². The predicted molar refractivity (Wildman–Crippen MR) is 130 cm³/mol. The number of sulfonamides is 1. The maximum Gasteiger partial charge on any atom is 0.245 e. The highest BCUT2D eigenvalue weighted by molar-refractivity contribution is 7.89. The fourth-order valence-electron chi connectivity index (χ4n) is 5.05. The Labute approximate surface area is 203 Å². The lowest BCUT2D eigenvalue weighted by Gasteiger charge is -2.45. The molecule has 3 heterocycles. The smallest absolute Gasteiger partial charge is 0.245 e. The van der Waals surface area contributed by atoms with Crippen molar-refractivity contribution in [3.63, 3.8) is 0 Å². The summed E-state index contributed by atoms with van der Waals surface area (Å²) in [6.07, 6.45) is 3.35. The first kappa shape index (κ1) is 23.3. The molecule has 1 aromatic heterocycles. The number of piperidine rings is 1. The molecule has 3 aromatic rings. The van der Waals surface area contributed by atoms with Crippen LogP contribution in [0.3, 0.4) is 0 Å². The first-order valence-electron chi connectivity index (χ1n) is 11.6. The summed E-state index contributed by atoms with van der Waals surface area (Å²) in [6, 6.07) is 15.0. The van der Waals surface area contributed by atoms with Crippen LogP contribution >= 0.6 is 11.7 Å². The largest absolute Gasteiger partial charge is 0.375 e. The van der Waals surface area contributed by atoms with E-state index in [-0.39, 0.29) is 22.3 Å². The van der Waals surface area contributed by atoms with Gasteiger partial charge in [-0.25, -0.2) is 8.42 Å². The Kier molecular flexibility index (Phi) is 6.65. The van der Waals surface area contributed by atoms with Crippen molar-refractivity contribution in [2.75, 3.05) is 19.7 Å². The van der Waals surface area contributed by atoms with Crippen LogP contribution in [-0.4, -0.2) is 52.7 Å².